The fourth-order valence-electron chi connectivity index (χ4n) is 2.25. The van der Waals surface area contributed by atoms with E-state index >= 15 is 0 Å². The van der Waals surface area contributed by atoms with Crippen LogP contribution in [0.4, 0.5) is 5.69 Å². The molecule has 100 valence electrons. The van der Waals surface area contributed by atoms with Crippen molar-refractivity contribution in [3.05, 3.63) is 23.8 Å². The minimum atomic E-state index is -3.37. The predicted molar refractivity (Wildman–Crippen MR) is 71.2 cm³/mol. The summed E-state index contributed by atoms with van der Waals surface area (Å²) in [5.74, 6) is 0.0188. The molecule has 1 aliphatic rings. The van der Waals surface area contributed by atoms with E-state index in [1.165, 1.54) is 0 Å². The summed E-state index contributed by atoms with van der Waals surface area (Å²) >= 11 is 0. The van der Waals surface area contributed by atoms with E-state index in [0.717, 1.165) is 18.4 Å². The second kappa shape index (κ2) is 4.90. The second-order valence-electron chi connectivity index (χ2n) is 4.97. The highest BCUT2D eigenvalue weighted by Crippen LogP contribution is 2.26. The summed E-state index contributed by atoms with van der Waals surface area (Å²) in [4.78, 5) is 0.227. The molecule has 1 saturated heterocycles. The van der Waals surface area contributed by atoms with E-state index in [0.29, 0.717) is 5.69 Å². The van der Waals surface area contributed by atoms with Crippen molar-refractivity contribution in [2.45, 2.75) is 43.8 Å². The van der Waals surface area contributed by atoms with Crippen molar-refractivity contribution >= 4 is 15.5 Å². The summed E-state index contributed by atoms with van der Waals surface area (Å²) in [6.45, 7) is 3.82. The Morgan fingerprint density at radius 3 is 2.72 bits per heavy atom. The maximum absolute atomic E-state index is 12.3. The highest BCUT2D eigenvalue weighted by Gasteiger charge is 2.29. The summed E-state index contributed by atoms with van der Waals surface area (Å²) in [6, 6.07) is 5.08. The molecule has 2 rings (SSSR count). The molecular weight excluding hydrogens is 250 g/mol. The van der Waals surface area contributed by atoms with Crippen LogP contribution in [0.5, 0.6) is 0 Å². The first-order valence-corrected chi connectivity index (χ1v) is 7.78. The van der Waals surface area contributed by atoms with E-state index in [2.05, 4.69) is 0 Å². The standard InChI is InChI=1S/C13H19NO3S/c1-9-3-6-12(14)13(7-9)18(15,16)8-11-5-4-10(2)17-11/h3,6-7,10-11H,4-5,8,14H2,1-2H3. The lowest BCUT2D eigenvalue weighted by molar-refractivity contribution is 0.0690. The largest absolute Gasteiger partial charge is 0.398 e. The van der Waals surface area contributed by atoms with Crippen LogP contribution in [0.25, 0.3) is 0 Å². The normalized spacial score (nSPS) is 24.3. The number of nitrogen functional groups attached to an aromatic ring is 1. The van der Waals surface area contributed by atoms with Gasteiger partial charge < -0.3 is 10.5 Å². The van der Waals surface area contributed by atoms with Crippen LogP contribution >= 0.6 is 0 Å². The fraction of sp³-hybridized carbons (Fsp3) is 0.538. The van der Waals surface area contributed by atoms with Crippen LogP contribution in [-0.2, 0) is 14.6 Å². The molecule has 1 aromatic carbocycles. The van der Waals surface area contributed by atoms with E-state index in [-0.39, 0.29) is 22.9 Å². The van der Waals surface area contributed by atoms with Crippen LogP contribution in [-0.4, -0.2) is 26.4 Å². The van der Waals surface area contributed by atoms with Gasteiger partial charge in [-0.2, -0.15) is 0 Å². The number of ether oxygens (including phenoxy) is 1. The van der Waals surface area contributed by atoms with Gasteiger partial charge in [0.2, 0.25) is 0 Å². The molecular formula is C13H19NO3S. The minimum Gasteiger partial charge on any atom is -0.398 e. The highest BCUT2D eigenvalue weighted by atomic mass is 32.2. The number of hydrogen-bond donors (Lipinski definition) is 1. The number of aryl methyl sites for hydroxylation is 1. The van der Waals surface area contributed by atoms with Gasteiger partial charge >= 0.3 is 0 Å². The van der Waals surface area contributed by atoms with Crippen LogP contribution in [0.3, 0.4) is 0 Å². The van der Waals surface area contributed by atoms with Crippen molar-refractivity contribution in [3.8, 4) is 0 Å². The number of sulfone groups is 1. The zero-order valence-electron chi connectivity index (χ0n) is 10.7. The average molecular weight is 269 g/mol. The molecule has 2 atom stereocenters. The molecule has 0 radical (unpaired) electrons. The van der Waals surface area contributed by atoms with Gasteiger partial charge in [0.25, 0.3) is 0 Å². The van der Waals surface area contributed by atoms with E-state index in [4.69, 9.17) is 10.5 Å². The van der Waals surface area contributed by atoms with Crippen molar-refractivity contribution in [2.24, 2.45) is 0 Å². The summed E-state index contributed by atoms with van der Waals surface area (Å²) < 4.78 is 30.2. The van der Waals surface area contributed by atoms with Gasteiger partial charge in [0, 0.05) is 0 Å². The van der Waals surface area contributed by atoms with Gasteiger partial charge in [0.1, 0.15) is 0 Å². The number of anilines is 1. The summed E-state index contributed by atoms with van der Waals surface area (Å²) in [5.41, 5.74) is 6.96. The van der Waals surface area contributed by atoms with Crippen LogP contribution in [0.2, 0.25) is 0 Å². The molecule has 1 heterocycles. The first-order chi connectivity index (χ1) is 8.38. The molecule has 1 aromatic rings. The molecule has 5 heteroatoms. The molecule has 0 spiro atoms. The Bertz CT molecular complexity index is 539. The SMILES string of the molecule is Cc1ccc(N)c(S(=O)(=O)CC2CCC(C)O2)c1. The molecule has 2 unspecified atom stereocenters. The van der Waals surface area contributed by atoms with Gasteiger partial charge in [-0.15, -0.1) is 0 Å². The lowest BCUT2D eigenvalue weighted by Crippen LogP contribution is -2.22. The van der Waals surface area contributed by atoms with Crippen LogP contribution < -0.4 is 5.73 Å². The Hall–Kier alpha value is -1.07. The first kappa shape index (κ1) is 13.4. The molecule has 0 saturated carbocycles. The molecule has 0 bridgehead atoms. The smallest absolute Gasteiger partial charge is 0.182 e. The molecule has 1 fully saturated rings. The van der Waals surface area contributed by atoms with Gasteiger partial charge in [-0.1, -0.05) is 6.07 Å². The topological polar surface area (TPSA) is 69.4 Å². The average Bonchev–Trinajstić information content (AvgIpc) is 2.66. The Balaban J connectivity index is 2.23. The number of benzene rings is 1. The second-order valence-corrected chi connectivity index (χ2v) is 6.97. The van der Waals surface area contributed by atoms with Crippen molar-refractivity contribution < 1.29 is 13.2 Å². The predicted octanol–water partition coefficient (Wildman–Crippen LogP) is 1.92. The van der Waals surface area contributed by atoms with E-state index in [1.807, 2.05) is 19.9 Å². The molecule has 0 aliphatic carbocycles. The van der Waals surface area contributed by atoms with Crippen molar-refractivity contribution in [2.75, 3.05) is 11.5 Å². The zero-order valence-corrected chi connectivity index (χ0v) is 11.5. The van der Waals surface area contributed by atoms with Gasteiger partial charge in [-0.25, -0.2) is 8.42 Å². The maximum Gasteiger partial charge on any atom is 0.182 e. The third-order valence-electron chi connectivity index (χ3n) is 3.23. The fourth-order valence-corrected chi connectivity index (χ4v) is 3.96. The van der Waals surface area contributed by atoms with Crippen LogP contribution in [0.1, 0.15) is 25.3 Å². The van der Waals surface area contributed by atoms with E-state index in [1.54, 1.807) is 12.1 Å². The van der Waals surface area contributed by atoms with E-state index in [9.17, 15) is 8.42 Å². The quantitative estimate of drug-likeness (QED) is 0.851. The highest BCUT2D eigenvalue weighted by molar-refractivity contribution is 7.91. The third kappa shape index (κ3) is 2.84. The molecule has 0 amide bonds. The molecule has 0 aromatic heterocycles. The Labute approximate surface area is 108 Å². The number of nitrogens with two attached hydrogens (primary N) is 1. The molecule has 4 nitrogen and oxygen atoms in total. The monoisotopic (exact) mass is 269 g/mol. The summed E-state index contributed by atoms with van der Waals surface area (Å²) in [7, 11) is -3.37. The molecule has 2 N–H and O–H groups in total. The van der Waals surface area contributed by atoms with Crippen molar-refractivity contribution in [1.82, 2.24) is 0 Å². The van der Waals surface area contributed by atoms with Gasteiger partial charge in [-0.05, 0) is 44.4 Å². The van der Waals surface area contributed by atoms with Gasteiger partial charge in [0.05, 0.1) is 28.5 Å². The van der Waals surface area contributed by atoms with Crippen LogP contribution in [0, 0.1) is 6.92 Å². The van der Waals surface area contributed by atoms with Crippen molar-refractivity contribution in [1.29, 1.82) is 0 Å². The summed E-state index contributed by atoms with van der Waals surface area (Å²) in [6.07, 6.45) is 1.67. The summed E-state index contributed by atoms with van der Waals surface area (Å²) in [5, 5.41) is 0. The Morgan fingerprint density at radius 1 is 1.39 bits per heavy atom. The van der Waals surface area contributed by atoms with Gasteiger partial charge in [0.15, 0.2) is 9.84 Å². The Kier molecular flexibility index (Phi) is 3.64. The van der Waals surface area contributed by atoms with E-state index < -0.39 is 9.84 Å². The first-order valence-electron chi connectivity index (χ1n) is 6.13. The minimum absolute atomic E-state index is 0.0188. The number of rotatable bonds is 3. The lowest BCUT2D eigenvalue weighted by Gasteiger charge is -2.13. The maximum atomic E-state index is 12.3. The Morgan fingerprint density at radius 2 is 2.11 bits per heavy atom. The lowest BCUT2D eigenvalue weighted by atomic mass is 10.2. The van der Waals surface area contributed by atoms with Crippen molar-refractivity contribution in [3.63, 3.8) is 0 Å². The third-order valence-corrected chi connectivity index (χ3v) is 5.06. The molecule has 1 aliphatic heterocycles. The number of hydrogen-bond acceptors (Lipinski definition) is 4. The van der Waals surface area contributed by atoms with Gasteiger partial charge in [-0.3, -0.25) is 0 Å². The zero-order chi connectivity index (χ0) is 13.3. The molecule has 18 heavy (non-hydrogen) atoms. The van der Waals surface area contributed by atoms with Crippen LogP contribution in [0.15, 0.2) is 23.1 Å².